The van der Waals surface area contributed by atoms with E-state index in [4.69, 9.17) is 20.9 Å². The summed E-state index contributed by atoms with van der Waals surface area (Å²) in [6, 6.07) is 9.39. The van der Waals surface area contributed by atoms with Crippen molar-refractivity contribution < 1.29 is 28.2 Å². The average Bonchev–Trinajstić information content (AvgIpc) is 3.58. The second-order valence-corrected chi connectivity index (χ2v) is 9.98. The van der Waals surface area contributed by atoms with Crippen LogP contribution in [0.15, 0.2) is 42.5 Å². The Labute approximate surface area is 229 Å². The Hall–Kier alpha value is -4.19. The van der Waals surface area contributed by atoms with Crippen molar-refractivity contribution in [1.82, 2.24) is 14.6 Å². The highest BCUT2D eigenvalue weighted by Crippen LogP contribution is 2.35. The van der Waals surface area contributed by atoms with Crippen LogP contribution in [0.4, 0.5) is 10.1 Å². The van der Waals surface area contributed by atoms with Crippen LogP contribution >= 0.6 is 11.5 Å². The molecular weight excluding hydrogens is 525 g/mol. The first kappa shape index (κ1) is 27.8. The predicted molar refractivity (Wildman–Crippen MR) is 144 cm³/mol. The van der Waals surface area contributed by atoms with Crippen LogP contribution in [0, 0.1) is 5.82 Å². The molecule has 1 atom stereocenters. The zero-order chi connectivity index (χ0) is 28.1. The fourth-order valence-electron chi connectivity index (χ4n) is 4.67. The second-order valence-electron chi connectivity index (χ2n) is 9.20. The number of primary amides is 1. The lowest BCUT2D eigenvalue weighted by Gasteiger charge is -2.32. The van der Waals surface area contributed by atoms with Crippen molar-refractivity contribution in [3.8, 4) is 11.5 Å². The van der Waals surface area contributed by atoms with E-state index in [9.17, 15) is 18.8 Å². The standard InChI is InChI=1S/C27H30FN5O5S/c1-37-19-12-9-16(13-20(19)38-2)23(26(35)31-18-5-3-4-6-18)33(14-15-7-10-17(28)11-8-15)27(36)24-21(29)22(25(30)34)32-39-24/h7-13,18,23H,3-6,14,29H2,1-2H3,(H2,30,34)(H,31,35). The smallest absolute Gasteiger partial charge is 0.270 e. The number of ether oxygens (including phenoxy) is 2. The number of hydrogen-bond donors (Lipinski definition) is 3. The SMILES string of the molecule is COc1ccc(C(C(=O)NC2CCCC2)N(Cc2ccc(F)cc2)C(=O)c2snc(C(N)=O)c2N)cc1OC. The number of anilines is 1. The minimum atomic E-state index is -1.14. The lowest BCUT2D eigenvalue weighted by molar-refractivity contribution is -0.126. The Balaban J connectivity index is 1.84. The molecule has 0 radical (unpaired) electrons. The van der Waals surface area contributed by atoms with Crippen LogP contribution in [0.1, 0.15) is 63.0 Å². The summed E-state index contributed by atoms with van der Waals surface area (Å²) in [6.07, 6.45) is 3.66. The highest BCUT2D eigenvalue weighted by Gasteiger charge is 2.36. The fourth-order valence-corrected chi connectivity index (χ4v) is 5.43. The Bertz CT molecular complexity index is 1360. The molecule has 39 heavy (non-hydrogen) atoms. The summed E-state index contributed by atoms with van der Waals surface area (Å²) in [5.41, 5.74) is 12.1. The van der Waals surface area contributed by atoms with Crippen LogP contribution in [0.25, 0.3) is 0 Å². The average molecular weight is 556 g/mol. The number of nitrogen functional groups attached to an aromatic ring is 1. The van der Waals surface area contributed by atoms with Gasteiger partial charge >= 0.3 is 0 Å². The zero-order valence-corrected chi connectivity index (χ0v) is 22.4. The summed E-state index contributed by atoms with van der Waals surface area (Å²) in [5, 5.41) is 3.08. The number of rotatable bonds is 10. The van der Waals surface area contributed by atoms with E-state index in [-0.39, 0.29) is 28.8 Å². The molecule has 0 bridgehead atoms. The molecule has 1 aromatic heterocycles. The van der Waals surface area contributed by atoms with Crippen molar-refractivity contribution in [3.05, 3.63) is 70.0 Å². The number of hydrogen-bond acceptors (Lipinski definition) is 8. The van der Waals surface area contributed by atoms with E-state index in [1.807, 2.05) is 0 Å². The van der Waals surface area contributed by atoms with Crippen molar-refractivity contribution in [1.29, 1.82) is 0 Å². The molecule has 3 amide bonds. The number of benzene rings is 2. The first-order valence-corrected chi connectivity index (χ1v) is 13.1. The van der Waals surface area contributed by atoms with E-state index in [2.05, 4.69) is 9.69 Å². The summed E-state index contributed by atoms with van der Waals surface area (Å²) in [7, 11) is 2.97. The van der Waals surface area contributed by atoms with E-state index in [1.165, 1.54) is 43.4 Å². The van der Waals surface area contributed by atoms with Gasteiger partial charge < -0.3 is 31.2 Å². The van der Waals surface area contributed by atoms with Gasteiger partial charge in [-0.25, -0.2) is 4.39 Å². The van der Waals surface area contributed by atoms with Crippen molar-refractivity contribution in [2.45, 2.75) is 44.3 Å². The maximum atomic E-state index is 14.1. The Morgan fingerprint density at radius 1 is 1.10 bits per heavy atom. The van der Waals surface area contributed by atoms with Gasteiger partial charge in [-0.15, -0.1) is 0 Å². The molecule has 0 aliphatic heterocycles. The molecular formula is C27H30FN5O5S. The minimum absolute atomic E-state index is 0.0298. The molecule has 1 aliphatic carbocycles. The van der Waals surface area contributed by atoms with Crippen molar-refractivity contribution in [2.24, 2.45) is 5.73 Å². The summed E-state index contributed by atoms with van der Waals surface area (Å²) in [6.45, 7) is -0.0700. The number of nitrogens with zero attached hydrogens (tertiary/aromatic N) is 2. The van der Waals surface area contributed by atoms with E-state index < -0.39 is 29.6 Å². The monoisotopic (exact) mass is 555 g/mol. The number of methoxy groups -OCH3 is 2. The molecule has 2 aromatic carbocycles. The Morgan fingerprint density at radius 2 is 1.77 bits per heavy atom. The Kier molecular flexibility index (Phi) is 8.65. The molecule has 12 heteroatoms. The quantitative estimate of drug-likeness (QED) is 0.347. The number of nitrogens with one attached hydrogen (secondary N) is 1. The molecule has 1 heterocycles. The summed E-state index contributed by atoms with van der Waals surface area (Å²) in [4.78, 5) is 41.0. The van der Waals surface area contributed by atoms with Crippen LogP contribution in [0.3, 0.4) is 0 Å². The first-order valence-electron chi connectivity index (χ1n) is 12.4. The van der Waals surface area contributed by atoms with E-state index in [0.29, 0.717) is 22.6 Å². The first-order chi connectivity index (χ1) is 18.7. The van der Waals surface area contributed by atoms with Crippen molar-refractivity contribution in [3.63, 3.8) is 0 Å². The van der Waals surface area contributed by atoms with E-state index >= 15 is 0 Å². The van der Waals surface area contributed by atoms with Crippen LogP contribution in [0.5, 0.6) is 11.5 Å². The van der Waals surface area contributed by atoms with Crippen molar-refractivity contribution >= 4 is 34.9 Å². The molecule has 1 fully saturated rings. The molecule has 206 valence electrons. The molecule has 0 saturated heterocycles. The summed E-state index contributed by atoms with van der Waals surface area (Å²) < 4.78 is 28.5. The molecule has 1 aliphatic rings. The second kappa shape index (κ2) is 12.1. The molecule has 0 spiro atoms. The van der Waals surface area contributed by atoms with Gasteiger partial charge in [0.1, 0.15) is 16.7 Å². The summed E-state index contributed by atoms with van der Waals surface area (Å²) >= 11 is 0.721. The van der Waals surface area contributed by atoms with Crippen LogP contribution in [0.2, 0.25) is 0 Å². The molecule has 1 saturated carbocycles. The van der Waals surface area contributed by atoms with Crippen LogP contribution in [-0.2, 0) is 11.3 Å². The van der Waals surface area contributed by atoms with Gasteiger partial charge in [0.15, 0.2) is 17.2 Å². The fraction of sp³-hybridized carbons (Fsp3) is 0.333. The number of nitrogens with two attached hydrogens (primary N) is 2. The third kappa shape index (κ3) is 6.11. The lowest BCUT2D eigenvalue weighted by Crippen LogP contribution is -2.45. The van der Waals surface area contributed by atoms with Gasteiger partial charge in [0.25, 0.3) is 11.8 Å². The Morgan fingerprint density at radius 3 is 2.36 bits per heavy atom. The topological polar surface area (TPSA) is 150 Å². The highest BCUT2D eigenvalue weighted by atomic mass is 32.1. The van der Waals surface area contributed by atoms with Gasteiger partial charge in [-0.05, 0) is 59.8 Å². The van der Waals surface area contributed by atoms with Crippen LogP contribution in [-0.4, -0.2) is 47.3 Å². The number of aromatic nitrogens is 1. The zero-order valence-electron chi connectivity index (χ0n) is 21.6. The maximum absolute atomic E-state index is 14.1. The van der Waals surface area contributed by atoms with Gasteiger partial charge in [-0.1, -0.05) is 31.0 Å². The number of carbonyl (C=O) groups is 3. The number of carbonyl (C=O) groups excluding carboxylic acids is 3. The van der Waals surface area contributed by atoms with Gasteiger partial charge in [0.2, 0.25) is 5.91 Å². The predicted octanol–water partition coefficient (Wildman–Crippen LogP) is 3.42. The molecule has 10 nitrogen and oxygen atoms in total. The third-order valence-electron chi connectivity index (χ3n) is 6.67. The molecule has 5 N–H and O–H groups in total. The molecule has 1 unspecified atom stereocenters. The highest BCUT2D eigenvalue weighted by molar-refractivity contribution is 7.09. The van der Waals surface area contributed by atoms with Gasteiger partial charge in [-0.2, -0.15) is 4.37 Å². The van der Waals surface area contributed by atoms with E-state index in [1.54, 1.807) is 18.2 Å². The normalized spacial score (nSPS) is 14.0. The molecule has 3 aromatic rings. The van der Waals surface area contributed by atoms with E-state index in [0.717, 1.165) is 37.2 Å². The maximum Gasteiger partial charge on any atom is 0.270 e. The summed E-state index contributed by atoms with van der Waals surface area (Å²) in [5.74, 6) is -1.53. The largest absolute Gasteiger partial charge is 0.493 e. The van der Waals surface area contributed by atoms with Crippen molar-refractivity contribution in [2.75, 3.05) is 20.0 Å². The lowest BCUT2D eigenvalue weighted by atomic mass is 10.0. The third-order valence-corrected chi connectivity index (χ3v) is 7.52. The minimum Gasteiger partial charge on any atom is -0.493 e. The van der Waals surface area contributed by atoms with Gasteiger partial charge in [0.05, 0.1) is 19.9 Å². The number of halogens is 1. The van der Waals surface area contributed by atoms with Gasteiger partial charge in [0, 0.05) is 12.6 Å². The van der Waals surface area contributed by atoms with Gasteiger partial charge in [-0.3, -0.25) is 14.4 Å². The molecule has 4 rings (SSSR count). The van der Waals surface area contributed by atoms with Crippen LogP contribution < -0.4 is 26.3 Å². The number of amides is 3.